The van der Waals surface area contributed by atoms with Gasteiger partial charge in [-0.05, 0) is 48.7 Å². The number of carbonyl (C=O) groups excluding carboxylic acids is 1. The van der Waals surface area contributed by atoms with Gasteiger partial charge >= 0.3 is 0 Å². The molecular formula is C22H22N4O2S. The molecule has 1 atom stereocenters. The Bertz CT molecular complexity index is 1030. The molecule has 0 saturated heterocycles. The summed E-state index contributed by atoms with van der Waals surface area (Å²) >= 11 is 1.45. The lowest BCUT2D eigenvalue weighted by atomic mass is 10.1. The number of amides is 1. The molecule has 7 heteroatoms. The van der Waals surface area contributed by atoms with Crippen LogP contribution in [0.3, 0.4) is 0 Å². The molecule has 3 aromatic rings. The van der Waals surface area contributed by atoms with Gasteiger partial charge in [-0.25, -0.2) is 0 Å². The first kappa shape index (κ1) is 19.3. The topological polar surface area (TPSA) is 69.0 Å². The zero-order chi connectivity index (χ0) is 20.2. The highest BCUT2D eigenvalue weighted by Gasteiger charge is 2.27. The summed E-state index contributed by atoms with van der Waals surface area (Å²) in [6.07, 6.45) is 3.39. The fraction of sp³-hybridized carbons (Fsp3) is 0.227. The van der Waals surface area contributed by atoms with Crippen LogP contribution in [0.4, 0.5) is 5.69 Å². The number of carbonyl (C=O) groups is 1. The number of benzene rings is 2. The van der Waals surface area contributed by atoms with Gasteiger partial charge in [-0.15, -0.1) is 16.8 Å². The Labute approximate surface area is 174 Å². The normalized spacial score (nSPS) is 15.9. The Morgan fingerprint density at radius 2 is 2.03 bits per heavy atom. The van der Waals surface area contributed by atoms with E-state index in [1.807, 2.05) is 53.1 Å². The second-order valence-corrected chi connectivity index (χ2v) is 7.90. The third-order valence-electron chi connectivity index (χ3n) is 4.87. The van der Waals surface area contributed by atoms with E-state index in [0.717, 1.165) is 41.2 Å². The van der Waals surface area contributed by atoms with Gasteiger partial charge in [0.25, 0.3) is 0 Å². The quantitative estimate of drug-likeness (QED) is 0.622. The Balaban J connectivity index is 1.59. The molecule has 0 fully saturated rings. The monoisotopic (exact) mass is 406 g/mol. The molecule has 0 saturated carbocycles. The van der Waals surface area contributed by atoms with Gasteiger partial charge in [0.1, 0.15) is 5.75 Å². The molecule has 6 nitrogen and oxygen atoms in total. The molecule has 1 aliphatic rings. The van der Waals surface area contributed by atoms with Gasteiger partial charge in [0.2, 0.25) is 5.91 Å². The molecule has 148 valence electrons. The SMILES string of the molecule is C=CCn1c(S[C@@H]2CCc3ccccc3NC2=O)nnc1-c1ccc(OC)cc1. The fourth-order valence-corrected chi connectivity index (χ4v) is 4.39. The van der Waals surface area contributed by atoms with E-state index in [1.54, 1.807) is 7.11 Å². The Kier molecular flexibility index (Phi) is 5.67. The van der Waals surface area contributed by atoms with Crippen molar-refractivity contribution in [1.29, 1.82) is 0 Å². The molecule has 0 unspecified atom stereocenters. The first-order valence-corrected chi connectivity index (χ1v) is 10.3. The number of para-hydroxylation sites is 1. The number of hydrogen-bond donors (Lipinski definition) is 1. The van der Waals surface area contributed by atoms with Gasteiger partial charge in [-0.2, -0.15) is 0 Å². The average Bonchev–Trinajstić information content (AvgIpc) is 3.06. The Morgan fingerprint density at radius 3 is 2.79 bits per heavy atom. The predicted octanol–water partition coefficient (Wildman–Crippen LogP) is 4.19. The van der Waals surface area contributed by atoms with Crippen molar-refractivity contribution < 1.29 is 9.53 Å². The zero-order valence-electron chi connectivity index (χ0n) is 16.2. The highest BCUT2D eigenvalue weighted by Crippen LogP contribution is 2.33. The number of allylic oxidation sites excluding steroid dienone is 1. The number of aromatic nitrogens is 3. The number of hydrogen-bond acceptors (Lipinski definition) is 5. The fourth-order valence-electron chi connectivity index (χ4n) is 3.35. The molecule has 0 bridgehead atoms. The van der Waals surface area contributed by atoms with Crippen LogP contribution in [0, 0.1) is 0 Å². The highest BCUT2D eigenvalue weighted by molar-refractivity contribution is 8.00. The van der Waals surface area contributed by atoms with Crippen molar-refractivity contribution in [3.05, 3.63) is 66.7 Å². The number of nitrogens with one attached hydrogen (secondary N) is 1. The number of fused-ring (bicyclic) bond motifs is 1. The highest BCUT2D eigenvalue weighted by atomic mass is 32.2. The van der Waals surface area contributed by atoms with E-state index in [-0.39, 0.29) is 11.2 Å². The molecule has 0 radical (unpaired) electrons. The van der Waals surface area contributed by atoms with Crippen LogP contribution >= 0.6 is 11.8 Å². The lowest BCUT2D eigenvalue weighted by Crippen LogP contribution is -2.24. The molecule has 0 aliphatic carbocycles. The van der Waals surface area contributed by atoms with Crippen LogP contribution in [0.5, 0.6) is 5.75 Å². The summed E-state index contributed by atoms with van der Waals surface area (Å²) in [4.78, 5) is 12.8. The number of aryl methyl sites for hydroxylation is 1. The number of anilines is 1. The van der Waals surface area contributed by atoms with Crippen molar-refractivity contribution in [3.63, 3.8) is 0 Å². The van der Waals surface area contributed by atoms with Crippen LogP contribution in [0.2, 0.25) is 0 Å². The summed E-state index contributed by atoms with van der Waals surface area (Å²) < 4.78 is 7.22. The summed E-state index contributed by atoms with van der Waals surface area (Å²) in [6, 6.07) is 15.6. The zero-order valence-corrected chi connectivity index (χ0v) is 17.0. The molecule has 4 rings (SSSR count). The summed E-state index contributed by atoms with van der Waals surface area (Å²) in [6.45, 7) is 4.42. The maximum absolute atomic E-state index is 12.8. The van der Waals surface area contributed by atoms with Crippen LogP contribution < -0.4 is 10.1 Å². The van der Waals surface area contributed by atoms with E-state index < -0.39 is 0 Å². The van der Waals surface area contributed by atoms with Crippen molar-refractivity contribution >= 4 is 23.4 Å². The molecule has 1 aromatic heterocycles. The lowest BCUT2D eigenvalue weighted by molar-refractivity contribution is -0.115. The third-order valence-corrected chi connectivity index (χ3v) is 6.12. The van der Waals surface area contributed by atoms with Crippen LogP contribution in [0.15, 0.2) is 66.3 Å². The van der Waals surface area contributed by atoms with Crippen molar-refractivity contribution in [1.82, 2.24) is 14.8 Å². The van der Waals surface area contributed by atoms with Crippen LogP contribution in [-0.4, -0.2) is 33.0 Å². The molecule has 2 heterocycles. The number of rotatable bonds is 6. The largest absolute Gasteiger partial charge is 0.497 e. The standard InChI is InChI=1S/C22H22N4O2S/c1-3-14-26-20(16-8-11-17(28-2)12-9-16)24-25-22(26)29-19-13-10-15-6-4-5-7-18(15)23-21(19)27/h3-9,11-12,19H,1,10,13-14H2,2H3,(H,23,27)/t19-/m1/s1. The minimum absolute atomic E-state index is 0.000833. The number of nitrogens with zero attached hydrogens (tertiary/aromatic N) is 3. The minimum atomic E-state index is -0.237. The predicted molar refractivity (Wildman–Crippen MR) is 115 cm³/mol. The van der Waals surface area contributed by atoms with Crippen LogP contribution in [0.1, 0.15) is 12.0 Å². The van der Waals surface area contributed by atoms with E-state index in [9.17, 15) is 4.79 Å². The second kappa shape index (κ2) is 8.53. The Hall–Kier alpha value is -3.06. The summed E-state index contributed by atoms with van der Waals surface area (Å²) in [5, 5.41) is 12.3. The minimum Gasteiger partial charge on any atom is -0.497 e. The Morgan fingerprint density at radius 1 is 1.24 bits per heavy atom. The van der Waals surface area contributed by atoms with Gasteiger partial charge in [-0.3, -0.25) is 9.36 Å². The van der Waals surface area contributed by atoms with Gasteiger partial charge in [0.15, 0.2) is 11.0 Å². The lowest BCUT2D eigenvalue weighted by Gasteiger charge is -2.13. The van der Waals surface area contributed by atoms with E-state index in [2.05, 4.69) is 28.2 Å². The van der Waals surface area contributed by atoms with Gasteiger partial charge in [0.05, 0.1) is 12.4 Å². The van der Waals surface area contributed by atoms with Crippen molar-refractivity contribution in [3.8, 4) is 17.1 Å². The molecule has 2 aromatic carbocycles. The molecule has 29 heavy (non-hydrogen) atoms. The first-order valence-electron chi connectivity index (χ1n) is 9.43. The third kappa shape index (κ3) is 4.05. The van der Waals surface area contributed by atoms with Gasteiger partial charge in [0, 0.05) is 17.8 Å². The second-order valence-electron chi connectivity index (χ2n) is 6.73. The van der Waals surface area contributed by atoms with Gasteiger partial charge < -0.3 is 10.1 Å². The van der Waals surface area contributed by atoms with E-state index in [1.165, 1.54) is 11.8 Å². The van der Waals surface area contributed by atoms with E-state index in [0.29, 0.717) is 11.7 Å². The molecule has 1 aliphatic heterocycles. The van der Waals surface area contributed by atoms with Crippen molar-refractivity contribution in [2.75, 3.05) is 12.4 Å². The molecule has 1 N–H and O–H groups in total. The summed E-state index contributed by atoms with van der Waals surface area (Å²) in [5.41, 5.74) is 2.99. The smallest absolute Gasteiger partial charge is 0.237 e. The van der Waals surface area contributed by atoms with Crippen molar-refractivity contribution in [2.45, 2.75) is 29.8 Å². The number of thioether (sulfide) groups is 1. The maximum atomic E-state index is 12.8. The average molecular weight is 407 g/mol. The van der Waals surface area contributed by atoms with E-state index in [4.69, 9.17) is 4.74 Å². The first-order chi connectivity index (χ1) is 14.2. The van der Waals surface area contributed by atoms with Gasteiger partial charge in [-0.1, -0.05) is 36.0 Å². The molecule has 0 spiro atoms. The number of methoxy groups -OCH3 is 1. The molecule has 1 amide bonds. The summed E-state index contributed by atoms with van der Waals surface area (Å²) in [5.74, 6) is 1.53. The maximum Gasteiger partial charge on any atom is 0.237 e. The van der Waals surface area contributed by atoms with Crippen LogP contribution in [-0.2, 0) is 17.8 Å². The summed E-state index contributed by atoms with van der Waals surface area (Å²) in [7, 11) is 1.64. The van der Waals surface area contributed by atoms with Crippen molar-refractivity contribution in [2.24, 2.45) is 0 Å². The number of ether oxygens (including phenoxy) is 1. The molecular weight excluding hydrogens is 384 g/mol. The van der Waals surface area contributed by atoms with Crippen LogP contribution in [0.25, 0.3) is 11.4 Å². The van der Waals surface area contributed by atoms with E-state index >= 15 is 0 Å².